The van der Waals surface area contributed by atoms with Crippen LogP contribution in [0, 0.1) is 23.7 Å². The Balaban J connectivity index is 1.82. The van der Waals surface area contributed by atoms with Crippen molar-refractivity contribution in [1.82, 2.24) is 0 Å². The summed E-state index contributed by atoms with van der Waals surface area (Å²) in [5, 5.41) is 0. The van der Waals surface area contributed by atoms with E-state index in [1.165, 1.54) is 0 Å². The van der Waals surface area contributed by atoms with Crippen molar-refractivity contribution >= 4 is 11.9 Å². The molecule has 0 saturated heterocycles. The van der Waals surface area contributed by atoms with Gasteiger partial charge in [0.1, 0.15) is 13.2 Å². The molecule has 0 aromatic rings. The van der Waals surface area contributed by atoms with Crippen LogP contribution >= 0.6 is 0 Å². The zero-order valence-corrected chi connectivity index (χ0v) is 13.2. The lowest BCUT2D eigenvalue weighted by Crippen LogP contribution is -2.36. The summed E-state index contributed by atoms with van der Waals surface area (Å²) in [5.41, 5.74) is 0. The molecule has 2 rings (SSSR count). The minimum absolute atomic E-state index is 0.0190. The Kier molecular flexibility index (Phi) is 6.22. The number of rotatable bonds is 6. The summed E-state index contributed by atoms with van der Waals surface area (Å²) >= 11 is 0. The summed E-state index contributed by atoms with van der Waals surface area (Å²) in [7, 11) is 0. The topological polar surface area (TPSA) is 52.6 Å². The van der Waals surface area contributed by atoms with Crippen LogP contribution in [0.15, 0.2) is 25.3 Å². The molecular weight excluding hydrogens is 280 g/mol. The van der Waals surface area contributed by atoms with Crippen molar-refractivity contribution in [2.45, 2.75) is 38.5 Å². The third-order valence-corrected chi connectivity index (χ3v) is 4.97. The molecule has 0 aromatic carbocycles. The molecule has 0 N–H and O–H groups in total. The molecule has 0 aromatic heterocycles. The molecule has 4 atom stereocenters. The van der Waals surface area contributed by atoms with Gasteiger partial charge in [0.2, 0.25) is 0 Å². The lowest BCUT2D eigenvalue weighted by molar-refractivity contribution is -0.153. The van der Waals surface area contributed by atoms with Gasteiger partial charge in [0.05, 0.1) is 11.8 Å². The van der Waals surface area contributed by atoms with Crippen molar-refractivity contribution in [3.8, 4) is 0 Å². The fraction of sp³-hybridized carbons (Fsp3) is 0.667. The lowest BCUT2D eigenvalue weighted by atomic mass is 9.65. The summed E-state index contributed by atoms with van der Waals surface area (Å²) in [4.78, 5) is 23.9. The third-order valence-electron chi connectivity index (χ3n) is 4.97. The number of fused-ring (bicyclic) bond motifs is 1. The first-order chi connectivity index (χ1) is 10.7. The van der Waals surface area contributed by atoms with E-state index in [-0.39, 0.29) is 23.8 Å². The highest BCUT2D eigenvalue weighted by Crippen LogP contribution is 2.45. The molecular formula is C18H26O4. The minimum atomic E-state index is -0.0918. The van der Waals surface area contributed by atoms with E-state index in [1.54, 1.807) is 12.2 Å². The second kappa shape index (κ2) is 8.16. The molecule has 0 aliphatic heterocycles. The van der Waals surface area contributed by atoms with E-state index in [0.717, 1.165) is 38.5 Å². The van der Waals surface area contributed by atoms with Gasteiger partial charge in [-0.15, -0.1) is 0 Å². The lowest BCUT2D eigenvalue weighted by Gasteiger charge is -2.40. The first kappa shape index (κ1) is 16.8. The van der Waals surface area contributed by atoms with E-state index in [4.69, 9.17) is 9.47 Å². The Hall–Kier alpha value is -1.58. The van der Waals surface area contributed by atoms with Crippen molar-refractivity contribution in [1.29, 1.82) is 0 Å². The smallest absolute Gasteiger partial charge is 0.309 e. The van der Waals surface area contributed by atoms with Crippen LogP contribution in [0.2, 0.25) is 0 Å². The predicted octanol–water partition coefficient (Wildman–Crippen LogP) is 3.28. The Morgan fingerprint density at radius 3 is 1.59 bits per heavy atom. The molecule has 0 bridgehead atoms. The van der Waals surface area contributed by atoms with Gasteiger partial charge < -0.3 is 9.47 Å². The molecule has 2 aliphatic rings. The molecule has 4 nitrogen and oxygen atoms in total. The van der Waals surface area contributed by atoms with Gasteiger partial charge in [-0.3, -0.25) is 9.59 Å². The zero-order valence-electron chi connectivity index (χ0n) is 13.2. The quantitative estimate of drug-likeness (QED) is 0.558. The largest absolute Gasteiger partial charge is 0.461 e. The van der Waals surface area contributed by atoms with Crippen molar-refractivity contribution in [3.63, 3.8) is 0 Å². The summed E-state index contributed by atoms with van der Waals surface area (Å²) < 4.78 is 10.3. The van der Waals surface area contributed by atoms with E-state index in [0.29, 0.717) is 25.0 Å². The number of esters is 2. The molecule has 0 spiro atoms. The fourth-order valence-corrected chi connectivity index (χ4v) is 3.84. The van der Waals surface area contributed by atoms with E-state index in [9.17, 15) is 9.59 Å². The van der Waals surface area contributed by atoms with Crippen LogP contribution in [0.3, 0.4) is 0 Å². The normalized spacial score (nSPS) is 30.7. The standard InChI is InChI=1S/C18H26O4/c1-3-9-21-17(19)15-7-5-14-12-16(8-6-13(14)11-15)18(20)22-10-4-2/h3-4,13-16H,1-2,5-12H2. The molecule has 122 valence electrons. The summed E-state index contributed by atoms with van der Waals surface area (Å²) in [5.74, 6) is 0.935. The molecule has 2 aliphatic carbocycles. The molecule has 0 heterocycles. The number of carbonyl (C=O) groups excluding carboxylic acids is 2. The summed E-state index contributed by atoms with van der Waals surface area (Å²) in [6.45, 7) is 7.71. The Bertz CT molecular complexity index is 389. The van der Waals surface area contributed by atoms with Crippen molar-refractivity contribution in [2.24, 2.45) is 23.7 Å². The predicted molar refractivity (Wildman–Crippen MR) is 84.0 cm³/mol. The summed E-state index contributed by atoms with van der Waals surface area (Å²) in [6.07, 6.45) is 8.74. The van der Waals surface area contributed by atoms with E-state index < -0.39 is 0 Å². The van der Waals surface area contributed by atoms with Gasteiger partial charge in [-0.25, -0.2) is 0 Å². The van der Waals surface area contributed by atoms with Crippen molar-refractivity contribution in [3.05, 3.63) is 25.3 Å². The molecule has 4 unspecified atom stereocenters. The Morgan fingerprint density at radius 1 is 0.818 bits per heavy atom. The maximum atomic E-state index is 12.0. The third kappa shape index (κ3) is 4.21. The first-order valence-corrected chi connectivity index (χ1v) is 8.20. The number of hydrogen-bond acceptors (Lipinski definition) is 4. The van der Waals surface area contributed by atoms with Crippen LogP contribution in [0.1, 0.15) is 38.5 Å². The van der Waals surface area contributed by atoms with Gasteiger partial charge in [0.25, 0.3) is 0 Å². The van der Waals surface area contributed by atoms with E-state index in [1.807, 2.05) is 0 Å². The highest BCUT2D eigenvalue weighted by atomic mass is 16.5. The first-order valence-electron chi connectivity index (χ1n) is 8.20. The average molecular weight is 306 g/mol. The van der Waals surface area contributed by atoms with Crippen LogP contribution in [-0.2, 0) is 19.1 Å². The second-order valence-electron chi connectivity index (χ2n) is 6.38. The molecule has 0 amide bonds. The van der Waals surface area contributed by atoms with Gasteiger partial charge in [0, 0.05) is 0 Å². The minimum Gasteiger partial charge on any atom is -0.461 e. The Morgan fingerprint density at radius 2 is 1.23 bits per heavy atom. The van der Waals surface area contributed by atoms with Gasteiger partial charge in [-0.2, -0.15) is 0 Å². The number of ether oxygens (including phenoxy) is 2. The van der Waals surface area contributed by atoms with Crippen LogP contribution in [0.5, 0.6) is 0 Å². The van der Waals surface area contributed by atoms with Crippen LogP contribution in [0.4, 0.5) is 0 Å². The van der Waals surface area contributed by atoms with Crippen molar-refractivity contribution in [2.75, 3.05) is 13.2 Å². The van der Waals surface area contributed by atoms with E-state index >= 15 is 0 Å². The molecule has 4 heteroatoms. The van der Waals surface area contributed by atoms with Gasteiger partial charge in [0.15, 0.2) is 0 Å². The molecule has 22 heavy (non-hydrogen) atoms. The summed E-state index contributed by atoms with van der Waals surface area (Å²) in [6, 6.07) is 0. The maximum absolute atomic E-state index is 12.0. The van der Waals surface area contributed by atoms with Gasteiger partial charge in [-0.05, 0) is 50.4 Å². The molecule has 2 saturated carbocycles. The van der Waals surface area contributed by atoms with E-state index in [2.05, 4.69) is 13.2 Å². The Labute approximate surface area is 132 Å². The van der Waals surface area contributed by atoms with Gasteiger partial charge in [-0.1, -0.05) is 25.3 Å². The maximum Gasteiger partial charge on any atom is 0.309 e. The highest BCUT2D eigenvalue weighted by molar-refractivity contribution is 5.73. The average Bonchev–Trinajstić information content (AvgIpc) is 2.56. The highest BCUT2D eigenvalue weighted by Gasteiger charge is 2.40. The fourth-order valence-electron chi connectivity index (χ4n) is 3.84. The van der Waals surface area contributed by atoms with Crippen molar-refractivity contribution < 1.29 is 19.1 Å². The molecule has 2 fully saturated rings. The second-order valence-corrected chi connectivity index (χ2v) is 6.38. The van der Waals surface area contributed by atoms with Crippen LogP contribution in [0.25, 0.3) is 0 Å². The number of carbonyl (C=O) groups is 2. The monoisotopic (exact) mass is 306 g/mol. The van der Waals surface area contributed by atoms with Gasteiger partial charge >= 0.3 is 11.9 Å². The van der Waals surface area contributed by atoms with Crippen LogP contribution in [-0.4, -0.2) is 25.2 Å². The SMILES string of the molecule is C=CCOC(=O)C1CCC2CC(C(=O)OCC=C)CCC2C1. The number of hydrogen-bond donors (Lipinski definition) is 0. The molecule has 0 radical (unpaired) electrons. The zero-order chi connectivity index (χ0) is 15.9. The van der Waals surface area contributed by atoms with Crippen LogP contribution < -0.4 is 0 Å².